The molecule has 118 valence electrons. The molecule has 1 rings (SSSR count). The van der Waals surface area contributed by atoms with Crippen LogP contribution >= 0.6 is 0 Å². The Morgan fingerprint density at radius 3 is 2.36 bits per heavy atom. The van der Waals surface area contributed by atoms with Gasteiger partial charge in [-0.15, -0.1) is 0 Å². The van der Waals surface area contributed by atoms with Crippen LogP contribution in [0, 0.1) is 0 Å². The smallest absolute Gasteiger partial charge is 0.341 e. The van der Waals surface area contributed by atoms with Crippen LogP contribution in [0.2, 0.25) is 0 Å². The third-order valence-corrected chi connectivity index (χ3v) is 2.60. The van der Waals surface area contributed by atoms with Gasteiger partial charge in [0.05, 0.1) is 27.1 Å². The molecule has 22 heavy (non-hydrogen) atoms. The molecule has 0 spiro atoms. The number of nitrogens with zero attached hydrogens (tertiary/aromatic N) is 1. The molecule has 7 heteroatoms. The van der Waals surface area contributed by atoms with Crippen molar-refractivity contribution in [1.29, 1.82) is 0 Å². The molecule has 1 N–H and O–H groups in total. The third-order valence-electron chi connectivity index (χ3n) is 2.60. The van der Waals surface area contributed by atoms with E-state index in [2.05, 4.69) is 9.99 Å². The minimum Gasteiger partial charge on any atom is -0.503 e. The quantitative estimate of drug-likeness (QED) is 0.211. The van der Waals surface area contributed by atoms with Crippen molar-refractivity contribution in [2.75, 3.05) is 20.8 Å². The maximum atomic E-state index is 11.9. The molecule has 0 amide bonds. The third kappa shape index (κ3) is 4.42. The van der Waals surface area contributed by atoms with Crippen LogP contribution in [0.25, 0.3) is 5.57 Å². The first-order chi connectivity index (χ1) is 10.5. The van der Waals surface area contributed by atoms with Crippen molar-refractivity contribution in [3.63, 3.8) is 0 Å². The van der Waals surface area contributed by atoms with Crippen molar-refractivity contribution in [1.82, 2.24) is 0 Å². The highest BCUT2D eigenvalue weighted by Crippen LogP contribution is 2.21. The van der Waals surface area contributed by atoms with Crippen molar-refractivity contribution < 1.29 is 29.0 Å². The highest BCUT2D eigenvalue weighted by Gasteiger charge is 2.19. The number of oxime groups is 1. The van der Waals surface area contributed by atoms with Gasteiger partial charge in [-0.2, -0.15) is 0 Å². The predicted molar refractivity (Wildman–Crippen MR) is 78.8 cm³/mol. The van der Waals surface area contributed by atoms with E-state index in [9.17, 15) is 14.7 Å². The summed E-state index contributed by atoms with van der Waals surface area (Å²) in [6.07, 6.45) is 1.23. The molecule has 0 bridgehead atoms. The molecule has 0 atom stereocenters. The monoisotopic (exact) mass is 307 g/mol. The molecule has 0 radical (unpaired) electrons. The number of esters is 1. The van der Waals surface area contributed by atoms with Crippen LogP contribution in [0.5, 0.6) is 0 Å². The fourth-order valence-corrected chi connectivity index (χ4v) is 1.70. The highest BCUT2D eigenvalue weighted by molar-refractivity contribution is 6.19. The van der Waals surface area contributed by atoms with Crippen molar-refractivity contribution >= 4 is 23.2 Å². The fraction of sp³-hybridized carbons (Fsp3) is 0.267. The molecule has 0 aliphatic carbocycles. The maximum Gasteiger partial charge on any atom is 0.341 e. The summed E-state index contributed by atoms with van der Waals surface area (Å²) in [7, 11) is 2.64. The van der Waals surface area contributed by atoms with Crippen molar-refractivity contribution in [2.45, 2.75) is 6.92 Å². The first-order valence-electron chi connectivity index (χ1n) is 6.31. The Labute approximate surface area is 127 Å². The van der Waals surface area contributed by atoms with Gasteiger partial charge in [-0.25, -0.2) is 9.59 Å². The Hall–Kier alpha value is -2.67. The van der Waals surface area contributed by atoms with Gasteiger partial charge in [0.25, 0.3) is 0 Å². The van der Waals surface area contributed by atoms with Gasteiger partial charge in [0, 0.05) is 18.1 Å². The Morgan fingerprint density at radius 2 is 1.86 bits per heavy atom. The normalized spacial score (nSPS) is 11.8. The second-order valence-electron chi connectivity index (χ2n) is 4.08. The van der Waals surface area contributed by atoms with Gasteiger partial charge in [-0.3, -0.25) is 0 Å². The lowest BCUT2D eigenvalue weighted by Gasteiger charge is -2.11. The number of carbonyl (C=O) groups excluding carboxylic acids is 2. The topological polar surface area (TPSA) is 94.4 Å². The van der Waals surface area contributed by atoms with E-state index in [0.717, 1.165) is 0 Å². The molecule has 0 aromatic heterocycles. The van der Waals surface area contributed by atoms with Crippen molar-refractivity contribution in [3.05, 3.63) is 41.7 Å². The Kier molecular flexibility index (Phi) is 6.78. The number of aliphatic hydroxyl groups is 1. The number of hydrogen-bond acceptors (Lipinski definition) is 7. The Morgan fingerprint density at radius 1 is 1.23 bits per heavy atom. The summed E-state index contributed by atoms with van der Waals surface area (Å²) in [6, 6.07) is 6.65. The highest BCUT2D eigenvalue weighted by atomic mass is 16.7. The molecular weight excluding hydrogens is 290 g/mol. The lowest BCUT2D eigenvalue weighted by atomic mass is 9.97. The second kappa shape index (κ2) is 8.58. The van der Waals surface area contributed by atoms with Crippen LogP contribution in [0.15, 0.2) is 35.7 Å². The van der Waals surface area contributed by atoms with E-state index >= 15 is 0 Å². The molecule has 0 unspecified atom stereocenters. The second-order valence-corrected chi connectivity index (χ2v) is 4.08. The molecule has 1 aromatic carbocycles. The molecule has 1 aromatic rings. The number of carbonyl (C=O) groups is 2. The van der Waals surface area contributed by atoms with Crippen molar-refractivity contribution in [3.8, 4) is 0 Å². The van der Waals surface area contributed by atoms with Gasteiger partial charge in [0.15, 0.2) is 0 Å². The molecule has 7 nitrogen and oxygen atoms in total. The van der Waals surface area contributed by atoms with Gasteiger partial charge in [-0.1, -0.05) is 29.4 Å². The summed E-state index contributed by atoms with van der Waals surface area (Å²) in [6.45, 7) is 0.709. The standard InChI is InChI=1S/C15H17NO6/c1-10(18)22-16-14(8-17)12-7-5-4-6-11(12)13(9-20-2)15(19)21-3/h4-7,9,17H,8H2,1-3H3/b13-9+,16-14?. The van der Waals surface area contributed by atoms with E-state index in [1.807, 2.05) is 0 Å². The lowest BCUT2D eigenvalue weighted by molar-refractivity contribution is -0.141. The maximum absolute atomic E-state index is 11.9. The molecule has 0 heterocycles. The summed E-state index contributed by atoms with van der Waals surface area (Å²) >= 11 is 0. The minimum absolute atomic E-state index is 0.0942. The number of hydrogen-bond donors (Lipinski definition) is 1. The van der Waals surface area contributed by atoms with Gasteiger partial charge in [-0.05, 0) is 0 Å². The van der Waals surface area contributed by atoms with E-state index in [0.29, 0.717) is 11.1 Å². The first-order valence-corrected chi connectivity index (χ1v) is 6.31. The molecule has 0 fully saturated rings. The van der Waals surface area contributed by atoms with Crippen LogP contribution in [0.1, 0.15) is 18.1 Å². The molecule has 0 saturated heterocycles. The van der Waals surface area contributed by atoms with Gasteiger partial charge in [0.1, 0.15) is 11.3 Å². The molecule has 0 saturated carbocycles. The van der Waals surface area contributed by atoms with Crippen LogP contribution in [0.4, 0.5) is 0 Å². The summed E-state index contributed by atoms with van der Waals surface area (Å²) < 4.78 is 9.61. The zero-order valence-electron chi connectivity index (χ0n) is 12.5. The van der Waals surface area contributed by atoms with E-state index in [4.69, 9.17) is 9.47 Å². The average molecular weight is 307 g/mol. The SMILES string of the molecule is CO/C=C(/C(=O)OC)c1ccccc1C(CO)=NOC(C)=O. The number of benzene rings is 1. The largest absolute Gasteiger partial charge is 0.503 e. The van der Waals surface area contributed by atoms with Gasteiger partial charge >= 0.3 is 11.9 Å². The predicted octanol–water partition coefficient (Wildman–Crippen LogP) is 1.11. The first kappa shape index (κ1) is 17.4. The molecule has 0 aliphatic heterocycles. The van der Waals surface area contributed by atoms with E-state index < -0.39 is 18.5 Å². The summed E-state index contributed by atoms with van der Waals surface area (Å²) in [5.41, 5.74) is 1.08. The van der Waals surface area contributed by atoms with E-state index in [-0.39, 0.29) is 11.3 Å². The summed E-state index contributed by atoms with van der Waals surface area (Å²) in [4.78, 5) is 27.3. The zero-order chi connectivity index (χ0) is 16.5. The number of methoxy groups -OCH3 is 2. The zero-order valence-corrected chi connectivity index (χ0v) is 12.5. The van der Waals surface area contributed by atoms with Crippen LogP contribution in [0.3, 0.4) is 0 Å². The fourth-order valence-electron chi connectivity index (χ4n) is 1.70. The van der Waals surface area contributed by atoms with Gasteiger partial charge < -0.3 is 19.4 Å². The average Bonchev–Trinajstić information content (AvgIpc) is 2.53. The molecule has 0 aliphatic rings. The number of aliphatic hydroxyl groups excluding tert-OH is 1. The Bertz CT molecular complexity index is 606. The lowest BCUT2D eigenvalue weighted by Crippen LogP contribution is -2.14. The molecular formula is C15H17NO6. The van der Waals surface area contributed by atoms with Gasteiger partial charge in [0.2, 0.25) is 0 Å². The summed E-state index contributed by atoms with van der Waals surface area (Å²) in [5, 5.41) is 13.0. The number of rotatable bonds is 6. The minimum atomic E-state index is -0.621. The van der Waals surface area contributed by atoms with Crippen LogP contribution < -0.4 is 0 Å². The Balaban J connectivity index is 3.39. The van der Waals surface area contributed by atoms with E-state index in [1.54, 1.807) is 24.3 Å². The van der Waals surface area contributed by atoms with Crippen LogP contribution in [-0.4, -0.2) is 43.6 Å². The summed E-state index contributed by atoms with van der Waals surface area (Å²) in [5.74, 6) is -1.23. The van der Waals surface area contributed by atoms with Crippen LogP contribution in [-0.2, 0) is 23.9 Å². The van der Waals surface area contributed by atoms with E-state index in [1.165, 1.54) is 27.4 Å². The number of ether oxygens (including phenoxy) is 2. The van der Waals surface area contributed by atoms with Crippen molar-refractivity contribution in [2.24, 2.45) is 5.16 Å².